The molecule has 1 amide bonds. The summed E-state index contributed by atoms with van der Waals surface area (Å²) in [5.41, 5.74) is 4.25. The summed E-state index contributed by atoms with van der Waals surface area (Å²) in [6, 6.07) is 18.4. The average molecular weight is 426 g/mol. The van der Waals surface area contributed by atoms with E-state index in [1.807, 2.05) is 43.3 Å². The third-order valence-corrected chi connectivity index (χ3v) is 5.39. The Hall–Kier alpha value is -3.97. The van der Waals surface area contributed by atoms with E-state index in [1.165, 1.54) is 0 Å². The fraction of sp³-hybridized carbons (Fsp3) is 0.160. The standard InChI is InChI=1S/C25H22N4O3/c1-15-12-23-26-22(27-24(30)16-4-7-19(8-5-16)25(2,3)31)14-20(29(23)28-15)17-6-9-21-18(13-17)10-11-32-21/h4-14,31H,1-3H3,(H,26,27,30). The number of nitrogens with one attached hydrogen (secondary N) is 1. The minimum absolute atomic E-state index is 0.281. The summed E-state index contributed by atoms with van der Waals surface area (Å²) in [4.78, 5) is 17.4. The van der Waals surface area contributed by atoms with Crippen molar-refractivity contribution >= 4 is 28.3 Å². The molecule has 3 aromatic heterocycles. The summed E-state index contributed by atoms with van der Waals surface area (Å²) in [7, 11) is 0. The number of anilines is 1. The highest BCUT2D eigenvalue weighted by Crippen LogP contribution is 2.28. The molecule has 32 heavy (non-hydrogen) atoms. The number of nitrogens with zero attached hydrogens (tertiary/aromatic N) is 3. The smallest absolute Gasteiger partial charge is 0.256 e. The summed E-state index contributed by atoms with van der Waals surface area (Å²) in [5, 5.41) is 18.6. The molecule has 160 valence electrons. The van der Waals surface area contributed by atoms with Crippen molar-refractivity contribution in [1.29, 1.82) is 0 Å². The van der Waals surface area contributed by atoms with E-state index in [4.69, 9.17) is 4.42 Å². The number of furan rings is 1. The largest absolute Gasteiger partial charge is 0.464 e. The number of aryl methyl sites for hydroxylation is 1. The summed E-state index contributed by atoms with van der Waals surface area (Å²) in [5.74, 6) is 0.146. The maximum absolute atomic E-state index is 12.9. The van der Waals surface area contributed by atoms with Crippen LogP contribution >= 0.6 is 0 Å². The van der Waals surface area contributed by atoms with Crippen molar-refractivity contribution in [2.24, 2.45) is 0 Å². The average Bonchev–Trinajstić information content (AvgIpc) is 3.37. The molecule has 0 aliphatic carbocycles. The Bertz CT molecular complexity index is 1460. The van der Waals surface area contributed by atoms with Gasteiger partial charge in [-0.1, -0.05) is 12.1 Å². The van der Waals surface area contributed by atoms with Crippen LogP contribution in [-0.4, -0.2) is 25.6 Å². The van der Waals surface area contributed by atoms with E-state index in [0.717, 1.165) is 33.5 Å². The minimum Gasteiger partial charge on any atom is -0.464 e. The van der Waals surface area contributed by atoms with Crippen molar-refractivity contribution in [3.8, 4) is 11.3 Å². The van der Waals surface area contributed by atoms with Gasteiger partial charge >= 0.3 is 0 Å². The Morgan fingerprint density at radius 3 is 2.59 bits per heavy atom. The second kappa shape index (κ2) is 7.32. The zero-order chi connectivity index (χ0) is 22.5. The number of hydrogen-bond acceptors (Lipinski definition) is 5. The Morgan fingerprint density at radius 1 is 1.06 bits per heavy atom. The van der Waals surface area contributed by atoms with Crippen molar-refractivity contribution < 1.29 is 14.3 Å². The molecule has 0 fully saturated rings. The van der Waals surface area contributed by atoms with Crippen LogP contribution in [0.4, 0.5) is 5.82 Å². The topological polar surface area (TPSA) is 92.7 Å². The van der Waals surface area contributed by atoms with Crippen LogP contribution < -0.4 is 5.32 Å². The van der Waals surface area contributed by atoms with Crippen LogP contribution in [0.25, 0.3) is 27.9 Å². The summed E-state index contributed by atoms with van der Waals surface area (Å²) >= 11 is 0. The molecule has 0 radical (unpaired) electrons. The maximum Gasteiger partial charge on any atom is 0.256 e. The molecule has 3 heterocycles. The molecule has 7 nitrogen and oxygen atoms in total. The van der Waals surface area contributed by atoms with Crippen molar-refractivity contribution in [1.82, 2.24) is 14.6 Å². The fourth-order valence-electron chi connectivity index (χ4n) is 3.70. The summed E-state index contributed by atoms with van der Waals surface area (Å²) in [6.07, 6.45) is 1.66. The van der Waals surface area contributed by atoms with Gasteiger partial charge in [0.1, 0.15) is 11.4 Å². The van der Waals surface area contributed by atoms with Crippen molar-refractivity contribution in [2.45, 2.75) is 26.4 Å². The van der Waals surface area contributed by atoms with E-state index in [1.54, 1.807) is 48.9 Å². The van der Waals surface area contributed by atoms with Gasteiger partial charge in [-0.2, -0.15) is 5.10 Å². The van der Waals surface area contributed by atoms with Crippen molar-refractivity contribution in [3.63, 3.8) is 0 Å². The first-order valence-electron chi connectivity index (χ1n) is 10.3. The lowest BCUT2D eigenvalue weighted by Crippen LogP contribution is -2.17. The predicted octanol–water partition coefficient (Wildman–Crippen LogP) is 4.93. The van der Waals surface area contributed by atoms with E-state index < -0.39 is 5.60 Å². The first kappa shape index (κ1) is 20.0. The molecule has 0 aliphatic heterocycles. The van der Waals surface area contributed by atoms with Crippen LogP contribution in [0, 0.1) is 6.92 Å². The number of carbonyl (C=O) groups excluding carboxylic acids is 1. The van der Waals surface area contributed by atoms with E-state index in [2.05, 4.69) is 15.4 Å². The van der Waals surface area contributed by atoms with E-state index in [-0.39, 0.29) is 5.91 Å². The third kappa shape index (κ3) is 3.63. The van der Waals surface area contributed by atoms with Crippen LogP contribution in [0.15, 0.2) is 71.3 Å². The maximum atomic E-state index is 12.9. The molecular formula is C25H22N4O3. The minimum atomic E-state index is -0.966. The van der Waals surface area contributed by atoms with Crippen LogP contribution in [0.5, 0.6) is 0 Å². The normalized spacial score (nSPS) is 11.9. The number of aliphatic hydroxyl groups is 1. The van der Waals surface area contributed by atoms with E-state index in [9.17, 15) is 9.90 Å². The zero-order valence-electron chi connectivity index (χ0n) is 18.0. The Kier molecular flexibility index (Phi) is 4.56. The SMILES string of the molecule is Cc1cc2nc(NC(=O)c3ccc(C(C)(C)O)cc3)cc(-c3ccc4occc4c3)n2n1. The molecule has 0 spiro atoms. The van der Waals surface area contributed by atoms with Crippen molar-refractivity contribution in [3.05, 3.63) is 83.7 Å². The number of aromatic nitrogens is 3. The highest BCUT2D eigenvalue weighted by molar-refractivity contribution is 6.04. The van der Waals surface area contributed by atoms with Gasteiger partial charge in [0, 0.05) is 28.6 Å². The number of rotatable bonds is 4. The van der Waals surface area contributed by atoms with Crippen molar-refractivity contribution in [2.75, 3.05) is 5.32 Å². The van der Waals surface area contributed by atoms with Gasteiger partial charge in [0.15, 0.2) is 5.65 Å². The zero-order valence-corrected chi connectivity index (χ0v) is 18.0. The Labute approximate surface area is 184 Å². The molecule has 5 rings (SSSR count). The second-order valence-electron chi connectivity index (χ2n) is 8.35. The molecular weight excluding hydrogens is 404 g/mol. The number of fused-ring (bicyclic) bond motifs is 2. The van der Waals surface area contributed by atoms with Gasteiger partial charge in [-0.25, -0.2) is 9.50 Å². The molecule has 0 saturated heterocycles. The lowest BCUT2D eigenvalue weighted by Gasteiger charge is -2.17. The lowest BCUT2D eigenvalue weighted by molar-refractivity contribution is 0.0785. The molecule has 5 aromatic rings. The monoisotopic (exact) mass is 426 g/mol. The van der Waals surface area contributed by atoms with Gasteiger partial charge in [0.25, 0.3) is 5.91 Å². The van der Waals surface area contributed by atoms with Gasteiger partial charge < -0.3 is 14.8 Å². The Balaban J connectivity index is 1.52. The van der Waals surface area contributed by atoms with Gasteiger partial charge in [-0.15, -0.1) is 0 Å². The molecule has 0 aliphatic rings. The van der Waals surface area contributed by atoms with Crippen LogP contribution in [0.1, 0.15) is 35.5 Å². The second-order valence-corrected chi connectivity index (χ2v) is 8.35. The van der Waals surface area contributed by atoms with E-state index in [0.29, 0.717) is 17.0 Å². The number of carbonyl (C=O) groups is 1. The molecule has 0 atom stereocenters. The van der Waals surface area contributed by atoms with Gasteiger partial charge in [0.2, 0.25) is 0 Å². The molecule has 0 unspecified atom stereocenters. The first-order chi connectivity index (χ1) is 15.3. The molecule has 2 aromatic carbocycles. The van der Waals surface area contributed by atoms with Crippen LogP contribution in [0.2, 0.25) is 0 Å². The summed E-state index contributed by atoms with van der Waals surface area (Å²) in [6.45, 7) is 5.31. The highest BCUT2D eigenvalue weighted by atomic mass is 16.3. The van der Waals surface area contributed by atoms with E-state index >= 15 is 0 Å². The number of benzene rings is 2. The molecule has 0 saturated carbocycles. The fourth-order valence-corrected chi connectivity index (χ4v) is 3.70. The molecule has 2 N–H and O–H groups in total. The quantitative estimate of drug-likeness (QED) is 0.425. The highest BCUT2D eigenvalue weighted by Gasteiger charge is 2.17. The van der Waals surface area contributed by atoms with Crippen LogP contribution in [-0.2, 0) is 5.60 Å². The first-order valence-corrected chi connectivity index (χ1v) is 10.3. The van der Waals surface area contributed by atoms with Gasteiger partial charge in [0.05, 0.1) is 23.3 Å². The molecule has 0 bridgehead atoms. The number of hydrogen-bond donors (Lipinski definition) is 2. The molecule has 7 heteroatoms. The lowest BCUT2D eigenvalue weighted by atomic mass is 9.97. The van der Waals surface area contributed by atoms with Gasteiger partial charge in [-0.05, 0) is 62.7 Å². The predicted molar refractivity (Wildman–Crippen MR) is 123 cm³/mol. The van der Waals surface area contributed by atoms with Crippen LogP contribution in [0.3, 0.4) is 0 Å². The van der Waals surface area contributed by atoms with Gasteiger partial charge in [-0.3, -0.25) is 4.79 Å². The number of amides is 1. The Morgan fingerprint density at radius 2 is 1.84 bits per heavy atom. The summed E-state index contributed by atoms with van der Waals surface area (Å²) < 4.78 is 7.22. The third-order valence-electron chi connectivity index (χ3n) is 5.39.